The molecule has 11 nitrogen and oxygen atoms in total. The number of halogens is 1. The van der Waals surface area contributed by atoms with Crippen LogP contribution in [-0.4, -0.2) is 27.4 Å². The number of fused-ring (bicyclic) bond motifs is 2. The van der Waals surface area contributed by atoms with E-state index in [4.69, 9.17) is 16.4 Å². The molecule has 2 aromatic carbocycles. The molecule has 2 aliphatic carbocycles. The molecule has 0 saturated heterocycles. The van der Waals surface area contributed by atoms with Crippen molar-refractivity contribution in [2.75, 3.05) is 5.32 Å². The zero-order valence-corrected chi connectivity index (χ0v) is 20.5. The summed E-state index contributed by atoms with van der Waals surface area (Å²) in [6.07, 6.45) is 1.48. The second kappa shape index (κ2) is 8.66. The molecule has 0 aromatic heterocycles. The van der Waals surface area contributed by atoms with Crippen LogP contribution in [0.2, 0.25) is 5.02 Å². The van der Waals surface area contributed by atoms with Crippen molar-refractivity contribution >= 4 is 46.3 Å². The Hall–Kier alpha value is -3.86. The van der Waals surface area contributed by atoms with Gasteiger partial charge in [0.25, 0.3) is 11.4 Å². The van der Waals surface area contributed by atoms with Gasteiger partial charge in [-0.3, -0.25) is 25.0 Å². The minimum absolute atomic E-state index is 0.0753. The molecule has 2 atom stereocenters. The van der Waals surface area contributed by atoms with Gasteiger partial charge in [-0.05, 0) is 42.5 Å². The predicted octanol–water partition coefficient (Wildman–Crippen LogP) is 5.52. The first-order valence-corrected chi connectivity index (χ1v) is 11.5. The molecule has 2 saturated carbocycles. The third kappa shape index (κ3) is 3.79. The fourth-order valence-corrected chi connectivity index (χ4v) is 5.56. The Bertz CT molecular complexity index is 1320. The van der Waals surface area contributed by atoms with E-state index in [1.165, 1.54) is 36.4 Å². The highest BCUT2D eigenvalue weighted by atomic mass is 35.5. The van der Waals surface area contributed by atoms with E-state index in [-0.39, 0.29) is 28.6 Å². The zero-order chi connectivity index (χ0) is 26.5. The summed E-state index contributed by atoms with van der Waals surface area (Å²) in [5.74, 6) is -1.12. The molecule has 2 bridgehead atoms. The lowest BCUT2D eigenvalue weighted by atomic mass is 9.64. The van der Waals surface area contributed by atoms with Gasteiger partial charge in [-0.1, -0.05) is 37.5 Å². The molecule has 12 heteroatoms. The fourth-order valence-electron chi connectivity index (χ4n) is 5.37. The molecule has 2 fully saturated rings. The van der Waals surface area contributed by atoms with Gasteiger partial charge in [0.2, 0.25) is 5.91 Å². The number of carbonyl (C=O) groups excluding carboxylic acids is 2. The minimum Gasteiger partial charge on any atom is -0.326 e. The lowest BCUT2D eigenvalue weighted by Gasteiger charge is -2.39. The predicted molar refractivity (Wildman–Crippen MR) is 131 cm³/mol. The number of rotatable bonds is 6. The van der Waals surface area contributed by atoms with E-state index >= 15 is 0 Å². The summed E-state index contributed by atoms with van der Waals surface area (Å²) in [4.78, 5) is 52.1. The Labute approximate surface area is 210 Å². The van der Waals surface area contributed by atoms with Crippen molar-refractivity contribution in [1.82, 2.24) is 0 Å². The Balaban J connectivity index is 1.56. The summed E-state index contributed by atoms with van der Waals surface area (Å²) in [6, 6.07) is 9.16. The van der Waals surface area contributed by atoms with Crippen molar-refractivity contribution < 1.29 is 24.3 Å². The molecule has 4 rings (SSSR count). The number of hydrogen-bond acceptors (Lipinski definition) is 8. The second-order valence-electron chi connectivity index (χ2n) is 9.81. The first-order valence-electron chi connectivity index (χ1n) is 11.1. The number of nitrogens with one attached hydrogen (secondary N) is 1. The first-order chi connectivity index (χ1) is 16.8. The molecule has 0 spiro atoms. The maximum absolute atomic E-state index is 13.5. The number of nitro groups is 2. The van der Waals surface area contributed by atoms with Crippen molar-refractivity contribution in [3.63, 3.8) is 0 Å². The van der Waals surface area contributed by atoms with Crippen LogP contribution in [0.5, 0.6) is 0 Å². The van der Waals surface area contributed by atoms with Gasteiger partial charge < -0.3 is 10.2 Å². The van der Waals surface area contributed by atoms with Crippen molar-refractivity contribution in [1.29, 1.82) is 0 Å². The lowest BCUT2D eigenvalue weighted by Crippen LogP contribution is -2.43. The number of non-ortho nitro benzene ring substituents is 1. The molecule has 1 amide bonds. The quantitative estimate of drug-likeness (QED) is 0.302. The van der Waals surface area contributed by atoms with Crippen LogP contribution in [-0.2, 0) is 9.63 Å². The zero-order valence-electron chi connectivity index (χ0n) is 19.7. The fraction of sp³-hybridized carbons (Fsp3) is 0.375. The summed E-state index contributed by atoms with van der Waals surface area (Å²) >= 11 is 5.80. The van der Waals surface area contributed by atoms with Crippen LogP contribution in [0.1, 0.15) is 50.4 Å². The average Bonchev–Trinajstić information content (AvgIpc) is 3.13. The van der Waals surface area contributed by atoms with E-state index in [1.807, 2.05) is 20.8 Å². The molecular weight excluding hydrogens is 492 g/mol. The number of oxime groups is 1. The summed E-state index contributed by atoms with van der Waals surface area (Å²) < 4.78 is 0. The largest absolute Gasteiger partial charge is 0.365 e. The number of nitrogens with zero attached hydrogens (tertiary/aromatic N) is 3. The van der Waals surface area contributed by atoms with Crippen LogP contribution in [0.15, 0.2) is 47.6 Å². The van der Waals surface area contributed by atoms with Gasteiger partial charge >= 0.3 is 5.97 Å². The Morgan fingerprint density at radius 1 is 1.03 bits per heavy atom. The third-order valence-electron chi connectivity index (χ3n) is 8.12. The van der Waals surface area contributed by atoms with Crippen LogP contribution >= 0.6 is 11.6 Å². The Kier molecular flexibility index (Phi) is 6.07. The molecule has 0 aliphatic heterocycles. The monoisotopic (exact) mass is 514 g/mol. The van der Waals surface area contributed by atoms with Crippen LogP contribution in [0.3, 0.4) is 0 Å². The Morgan fingerprint density at radius 3 is 2.31 bits per heavy atom. The second-order valence-corrected chi connectivity index (χ2v) is 10.2. The van der Waals surface area contributed by atoms with Gasteiger partial charge in [0.05, 0.1) is 26.5 Å². The molecule has 188 valence electrons. The van der Waals surface area contributed by atoms with Crippen LogP contribution < -0.4 is 5.32 Å². The summed E-state index contributed by atoms with van der Waals surface area (Å²) in [7, 11) is 0. The molecule has 2 aromatic rings. The normalized spacial score (nSPS) is 24.9. The van der Waals surface area contributed by atoms with Crippen LogP contribution in [0.4, 0.5) is 17.1 Å². The first kappa shape index (κ1) is 25.2. The van der Waals surface area contributed by atoms with E-state index in [0.717, 1.165) is 6.07 Å². The maximum atomic E-state index is 13.5. The van der Waals surface area contributed by atoms with Crippen molar-refractivity contribution in [3.05, 3.63) is 73.3 Å². The van der Waals surface area contributed by atoms with E-state index < -0.39 is 37.7 Å². The van der Waals surface area contributed by atoms with Crippen molar-refractivity contribution in [2.45, 2.75) is 40.0 Å². The van der Waals surface area contributed by atoms with Gasteiger partial charge in [-0.15, -0.1) is 0 Å². The number of carbonyl (C=O) groups is 2. The highest BCUT2D eigenvalue weighted by Gasteiger charge is 2.71. The maximum Gasteiger partial charge on any atom is 0.365 e. The minimum atomic E-state index is -0.879. The highest BCUT2D eigenvalue weighted by Crippen LogP contribution is 2.71. The van der Waals surface area contributed by atoms with Crippen molar-refractivity contribution in [3.8, 4) is 0 Å². The van der Waals surface area contributed by atoms with E-state index in [0.29, 0.717) is 24.2 Å². The smallest absolute Gasteiger partial charge is 0.326 e. The van der Waals surface area contributed by atoms with Gasteiger partial charge in [-0.2, -0.15) is 0 Å². The molecule has 0 heterocycles. The lowest BCUT2D eigenvalue weighted by molar-refractivity contribution is -0.385. The average molecular weight is 515 g/mol. The standard InChI is InChI=1S/C24H23ClN4O7/c1-22(2)23(3)10-11-24(22,21(31)26-15-5-7-16(8-6-15)28(32)33)13-19(23)27-36-20(30)14-4-9-17(25)18(12-14)29(34)35/h4-9,12H,10-11,13H2,1-3H3,(H,26,31)/b27-19+. The van der Waals surface area contributed by atoms with E-state index in [1.54, 1.807) is 0 Å². The molecule has 1 N–H and O–H groups in total. The summed E-state index contributed by atoms with van der Waals surface area (Å²) in [5, 5.41) is 28.9. The van der Waals surface area contributed by atoms with E-state index in [2.05, 4.69) is 10.5 Å². The van der Waals surface area contributed by atoms with E-state index in [9.17, 15) is 29.8 Å². The topological polar surface area (TPSA) is 154 Å². The number of benzene rings is 2. The number of amides is 1. The van der Waals surface area contributed by atoms with Crippen LogP contribution in [0, 0.1) is 36.5 Å². The molecular formula is C24H23ClN4O7. The summed E-state index contributed by atoms with van der Waals surface area (Å²) in [6.45, 7) is 5.92. The van der Waals surface area contributed by atoms with Crippen LogP contribution in [0.25, 0.3) is 0 Å². The van der Waals surface area contributed by atoms with Gasteiger partial charge in [0.1, 0.15) is 5.02 Å². The molecule has 0 radical (unpaired) electrons. The SMILES string of the molecule is CC12CCC(C(=O)Nc3ccc([N+](=O)[O-])cc3)(C/C1=N\OC(=O)c1ccc(Cl)c([N+](=O)[O-])c1)C2(C)C. The highest BCUT2D eigenvalue weighted by molar-refractivity contribution is 6.32. The molecule has 2 aliphatic rings. The van der Waals surface area contributed by atoms with Crippen molar-refractivity contribution in [2.24, 2.45) is 21.4 Å². The number of hydrogen-bond donors (Lipinski definition) is 1. The van der Waals surface area contributed by atoms with Gasteiger partial charge in [-0.25, -0.2) is 4.79 Å². The Morgan fingerprint density at radius 2 is 1.69 bits per heavy atom. The number of anilines is 1. The van der Waals surface area contributed by atoms with Gasteiger partial charge in [0.15, 0.2) is 0 Å². The number of nitro benzene ring substituents is 2. The van der Waals surface area contributed by atoms with Gasteiger partial charge in [0, 0.05) is 35.7 Å². The molecule has 2 unspecified atom stereocenters. The third-order valence-corrected chi connectivity index (χ3v) is 8.44. The summed E-state index contributed by atoms with van der Waals surface area (Å²) in [5.41, 5.74) is -1.51. The molecule has 36 heavy (non-hydrogen) atoms.